The molecular weight excluding hydrogens is 238 g/mol. The number of nitrogens with zero attached hydrogens (tertiary/aromatic N) is 2. The molecule has 0 radical (unpaired) electrons. The van der Waals surface area contributed by atoms with Gasteiger partial charge in [0.1, 0.15) is 0 Å². The molecule has 2 aromatic heterocycles. The average molecular weight is 253 g/mol. The van der Waals surface area contributed by atoms with Gasteiger partial charge in [-0.25, -0.2) is 0 Å². The number of thiophene rings is 1. The number of aromatic nitrogens is 3. The molecule has 0 aliphatic carbocycles. The van der Waals surface area contributed by atoms with E-state index < -0.39 is 0 Å². The topological polar surface area (TPSA) is 33.6 Å². The van der Waals surface area contributed by atoms with E-state index in [1.165, 1.54) is 10.4 Å². The molecule has 5 heteroatoms. The molecule has 0 aliphatic heterocycles. The minimum atomic E-state index is -0.0597. The van der Waals surface area contributed by atoms with Crippen molar-refractivity contribution in [2.45, 2.75) is 33.2 Å². The van der Waals surface area contributed by atoms with Crippen molar-refractivity contribution in [3.63, 3.8) is 0 Å². The predicted octanol–water partition coefficient (Wildman–Crippen LogP) is 3.73. The van der Waals surface area contributed by atoms with Crippen molar-refractivity contribution < 1.29 is 0 Å². The van der Waals surface area contributed by atoms with E-state index in [2.05, 4.69) is 53.9 Å². The van der Waals surface area contributed by atoms with Crippen molar-refractivity contribution in [3.05, 3.63) is 21.8 Å². The Morgan fingerprint density at radius 3 is 2.62 bits per heavy atom. The van der Waals surface area contributed by atoms with Crippen LogP contribution >= 0.6 is 23.6 Å². The molecule has 0 bridgehead atoms. The molecule has 1 N–H and O–H groups in total. The van der Waals surface area contributed by atoms with Gasteiger partial charge in [0.15, 0.2) is 10.6 Å². The number of aryl methyl sites for hydroxylation is 1. The summed E-state index contributed by atoms with van der Waals surface area (Å²) < 4.78 is 2.75. The zero-order valence-electron chi connectivity index (χ0n) is 9.87. The Morgan fingerprint density at radius 2 is 2.12 bits per heavy atom. The molecule has 0 unspecified atom stereocenters. The van der Waals surface area contributed by atoms with Gasteiger partial charge in [0.2, 0.25) is 0 Å². The highest BCUT2D eigenvalue weighted by Gasteiger charge is 2.21. The summed E-state index contributed by atoms with van der Waals surface area (Å²) in [5, 5.41) is 9.30. The van der Waals surface area contributed by atoms with Gasteiger partial charge < -0.3 is 0 Å². The highest BCUT2D eigenvalue weighted by molar-refractivity contribution is 7.71. The third kappa shape index (κ3) is 1.85. The van der Waals surface area contributed by atoms with Crippen molar-refractivity contribution >= 4 is 23.6 Å². The minimum absolute atomic E-state index is 0.0597. The summed E-state index contributed by atoms with van der Waals surface area (Å²) in [5.41, 5.74) is 1.18. The summed E-state index contributed by atoms with van der Waals surface area (Å²) in [7, 11) is 0. The second-order valence-electron chi connectivity index (χ2n) is 4.79. The third-order valence-electron chi connectivity index (χ3n) is 2.41. The summed E-state index contributed by atoms with van der Waals surface area (Å²) >= 11 is 6.98. The number of nitrogens with one attached hydrogen (secondary N) is 1. The Morgan fingerprint density at radius 1 is 1.44 bits per heavy atom. The van der Waals surface area contributed by atoms with Crippen LogP contribution in [0, 0.1) is 11.7 Å². The van der Waals surface area contributed by atoms with Crippen LogP contribution in [0.4, 0.5) is 0 Å². The largest absolute Gasteiger partial charge is 0.294 e. The molecule has 16 heavy (non-hydrogen) atoms. The van der Waals surface area contributed by atoms with E-state index in [9.17, 15) is 0 Å². The van der Waals surface area contributed by atoms with Crippen LogP contribution in [0.1, 0.15) is 26.3 Å². The fraction of sp³-hybridized carbons (Fsp3) is 0.455. The third-order valence-corrected chi connectivity index (χ3v) is 3.69. The zero-order chi connectivity index (χ0) is 11.9. The molecule has 0 spiro atoms. The molecule has 0 amide bonds. The SMILES string of the molecule is Cc1ccsc1-c1n[nH]c(=S)n1C(C)(C)C. The fourth-order valence-corrected chi connectivity index (χ4v) is 2.98. The van der Waals surface area contributed by atoms with Crippen LogP contribution < -0.4 is 0 Å². The predicted molar refractivity (Wildman–Crippen MR) is 70.5 cm³/mol. The van der Waals surface area contributed by atoms with Crippen molar-refractivity contribution in [2.75, 3.05) is 0 Å². The first-order valence-corrected chi connectivity index (χ1v) is 6.42. The maximum Gasteiger partial charge on any atom is 0.195 e. The highest BCUT2D eigenvalue weighted by Crippen LogP contribution is 2.30. The summed E-state index contributed by atoms with van der Waals surface area (Å²) in [6.45, 7) is 8.48. The number of H-pyrrole nitrogens is 1. The van der Waals surface area contributed by atoms with Crippen LogP contribution in [0.2, 0.25) is 0 Å². The molecule has 0 aromatic carbocycles. The van der Waals surface area contributed by atoms with E-state index >= 15 is 0 Å². The first-order chi connectivity index (χ1) is 7.41. The number of hydrogen-bond acceptors (Lipinski definition) is 3. The van der Waals surface area contributed by atoms with Crippen molar-refractivity contribution in [2.24, 2.45) is 0 Å². The lowest BCUT2D eigenvalue weighted by Gasteiger charge is -2.22. The maximum atomic E-state index is 5.29. The van der Waals surface area contributed by atoms with Gasteiger partial charge in [-0.05, 0) is 56.9 Å². The summed E-state index contributed by atoms with van der Waals surface area (Å²) in [5.74, 6) is 0.935. The molecule has 0 saturated carbocycles. The van der Waals surface area contributed by atoms with E-state index in [-0.39, 0.29) is 5.54 Å². The Hall–Kier alpha value is -0.940. The lowest BCUT2D eigenvalue weighted by atomic mass is 10.1. The monoisotopic (exact) mass is 253 g/mol. The molecule has 0 fully saturated rings. The standard InChI is InChI=1S/C11H15N3S2/c1-7-5-6-16-8(7)9-12-13-10(15)14(9)11(2,3)4/h5-6H,1-4H3,(H,13,15). The van der Waals surface area contributed by atoms with Crippen molar-refractivity contribution in [1.29, 1.82) is 0 Å². The highest BCUT2D eigenvalue weighted by atomic mass is 32.1. The Labute approximate surface area is 104 Å². The van der Waals surface area contributed by atoms with E-state index in [4.69, 9.17) is 12.2 Å². The molecule has 2 heterocycles. The van der Waals surface area contributed by atoms with E-state index in [0.717, 1.165) is 5.82 Å². The van der Waals surface area contributed by atoms with Crippen LogP contribution in [0.3, 0.4) is 0 Å². The first kappa shape index (κ1) is 11.5. The fourth-order valence-electron chi connectivity index (χ4n) is 1.67. The Bertz CT molecular complexity index is 554. The van der Waals surface area contributed by atoms with Crippen LogP contribution in [0.15, 0.2) is 11.4 Å². The average Bonchev–Trinajstić information content (AvgIpc) is 2.69. The molecule has 2 rings (SSSR count). The molecule has 3 nitrogen and oxygen atoms in total. The van der Waals surface area contributed by atoms with Crippen molar-refractivity contribution in [1.82, 2.24) is 14.8 Å². The van der Waals surface area contributed by atoms with Gasteiger partial charge in [0.25, 0.3) is 0 Å². The van der Waals surface area contributed by atoms with Gasteiger partial charge in [-0.2, -0.15) is 5.10 Å². The van der Waals surface area contributed by atoms with Gasteiger partial charge in [0.05, 0.1) is 4.88 Å². The zero-order valence-corrected chi connectivity index (χ0v) is 11.5. The second-order valence-corrected chi connectivity index (χ2v) is 6.09. The first-order valence-electron chi connectivity index (χ1n) is 5.13. The summed E-state index contributed by atoms with van der Waals surface area (Å²) in [6, 6.07) is 2.10. The maximum absolute atomic E-state index is 5.29. The number of hydrogen-bond donors (Lipinski definition) is 1. The van der Waals surface area contributed by atoms with Crippen LogP contribution in [-0.4, -0.2) is 14.8 Å². The van der Waals surface area contributed by atoms with E-state index in [0.29, 0.717) is 4.77 Å². The summed E-state index contributed by atoms with van der Waals surface area (Å²) in [4.78, 5) is 1.18. The Balaban J connectivity index is 2.69. The summed E-state index contributed by atoms with van der Waals surface area (Å²) in [6.07, 6.45) is 0. The van der Waals surface area contributed by atoms with Gasteiger partial charge >= 0.3 is 0 Å². The lowest BCUT2D eigenvalue weighted by molar-refractivity contribution is 0.396. The number of rotatable bonds is 1. The van der Waals surface area contributed by atoms with Crippen LogP contribution in [0.5, 0.6) is 0 Å². The second kappa shape index (κ2) is 3.82. The van der Waals surface area contributed by atoms with Crippen LogP contribution in [0.25, 0.3) is 10.7 Å². The molecule has 86 valence electrons. The van der Waals surface area contributed by atoms with Gasteiger partial charge in [-0.15, -0.1) is 11.3 Å². The molecular formula is C11H15N3S2. The van der Waals surface area contributed by atoms with E-state index in [1.54, 1.807) is 11.3 Å². The Kier molecular flexibility index (Phi) is 2.75. The molecule has 0 atom stereocenters. The molecule has 2 aromatic rings. The van der Waals surface area contributed by atoms with Gasteiger partial charge in [-0.3, -0.25) is 9.67 Å². The molecule has 0 saturated heterocycles. The van der Waals surface area contributed by atoms with Gasteiger partial charge in [0, 0.05) is 5.54 Å². The van der Waals surface area contributed by atoms with Gasteiger partial charge in [-0.1, -0.05) is 0 Å². The van der Waals surface area contributed by atoms with Crippen LogP contribution in [-0.2, 0) is 5.54 Å². The quantitative estimate of drug-likeness (QED) is 0.786. The minimum Gasteiger partial charge on any atom is -0.294 e. The van der Waals surface area contributed by atoms with E-state index in [1.807, 2.05) is 0 Å². The smallest absolute Gasteiger partial charge is 0.195 e. The number of aromatic amines is 1. The van der Waals surface area contributed by atoms with Crippen molar-refractivity contribution in [3.8, 4) is 10.7 Å². The normalized spacial score (nSPS) is 12.0. The lowest BCUT2D eigenvalue weighted by Crippen LogP contribution is -2.22. The molecule has 0 aliphatic rings.